The van der Waals surface area contributed by atoms with Gasteiger partial charge in [0.05, 0.1) is 10.0 Å². The van der Waals surface area contributed by atoms with Crippen LogP contribution in [0, 0.1) is 0 Å². The first-order chi connectivity index (χ1) is 9.70. The molecule has 3 heteroatoms. The first kappa shape index (κ1) is 13.5. The third-order valence-corrected chi connectivity index (χ3v) is 4.67. The number of hydrogen-bond donors (Lipinski definition) is 1. The monoisotopic (exact) mass is 303 g/mol. The zero-order chi connectivity index (χ0) is 14.1. The molecule has 2 N–H and O–H groups in total. The van der Waals surface area contributed by atoms with Crippen LogP contribution >= 0.6 is 23.2 Å². The first-order valence-corrected chi connectivity index (χ1v) is 7.41. The van der Waals surface area contributed by atoms with Gasteiger partial charge in [0.15, 0.2) is 0 Å². The van der Waals surface area contributed by atoms with Gasteiger partial charge in [-0.3, -0.25) is 0 Å². The highest BCUT2D eigenvalue weighted by molar-refractivity contribution is 6.42. The van der Waals surface area contributed by atoms with Gasteiger partial charge in [-0.15, -0.1) is 0 Å². The molecule has 0 saturated heterocycles. The molecule has 2 aromatic rings. The summed E-state index contributed by atoms with van der Waals surface area (Å²) >= 11 is 12.2. The molecule has 1 aliphatic rings. The molecule has 0 fully saturated rings. The second-order valence-corrected chi connectivity index (χ2v) is 5.86. The van der Waals surface area contributed by atoms with Gasteiger partial charge in [-0.2, -0.15) is 0 Å². The molecule has 0 bridgehead atoms. The summed E-state index contributed by atoms with van der Waals surface area (Å²) in [6.45, 7) is 0. The van der Waals surface area contributed by atoms with E-state index in [0.29, 0.717) is 16.0 Å². The van der Waals surface area contributed by atoms with E-state index in [-0.39, 0.29) is 0 Å². The lowest BCUT2D eigenvalue weighted by Crippen LogP contribution is -2.11. The second kappa shape index (κ2) is 5.51. The molecule has 0 spiro atoms. The van der Waals surface area contributed by atoms with Gasteiger partial charge < -0.3 is 5.73 Å². The molecule has 0 aliphatic heterocycles. The van der Waals surface area contributed by atoms with E-state index in [1.807, 2.05) is 12.1 Å². The second-order valence-electron chi connectivity index (χ2n) is 5.04. The molecule has 0 radical (unpaired) electrons. The minimum Gasteiger partial charge on any atom is -0.404 e. The number of halogens is 2. The lowest BCUT2D eigenvalue weighted by molar-refractivity contribution is 0.711. The molecule has 2 aromatic carbocycles. The number of allylic oxidation sites excluding steroid dienone is 1. The normalized spacial score (nSPS) is 19.9. The Morgan fingerprint density at radius 1 is 1.05 bits per heavy atom. The minimum atomic E-state index is 0.352. The predicted molar refractivity (Wildman–Crippen MR) is 86.1 cm³/mol. The van der Waals surface area contributed by atoms with Crippen LogP contribution in [0.25, 0.3) is 5.57 Å². The molecular formula is C17H15Cl2N. The van der Waals surface area contributed by atoms with Crippen LogP contribution in [0.15, 0.2) is 48.7 Å². The molecule has 1 aliphatic carbocycles. The van der Waals surface area contributed by atoms with E-state index in [4.69, 9.17) is 28.9 Å². The maximum atomic E-state index is 6.15. The Labute approximate surface area is 129 Å². The maximum Gasteiger partial charge on any atom is 0.0595 e. The van der Waals surface area contributed by atoms with Crippen LogP contribution in [0.3, 0.4) is 0 Å². The molecule has 0 heterocycles. The SMILES string of the molecule is N/C=C1/CCC(c2ccc(Cl)c(Cl)c2)c2ccccc21. The molecule has 0 aromatic heterocycles. The predicted octanol–water partition coefficient (Wildman–Crippen LogP) is 5.22. The molecule has 1 unspecified atom stereocenters. The zero-order valence-corrected chi connectivity index (χ0v) is 12.5. The Bertz CT molecular complexity index is 676. The van der Waals surface area contributed by atoms with Gasteiger partial charge in [-0.25, -0.2) is 0 Å². The summed E-state index contributed by atoms with van der Waals surface area (Å²) in [5.41, 5.74) is 10.7. The fourth-order valence-electron chi connectivity index (χ4n) is 2.93. The van der Waals surface area contributed by atoms with E-state index in [1.54, 1.807) is 6.20 Å². The summed E-state index contributed by atoms with van der Waals surface area (Å²) in [6, 6.07) is 14.3. The van der Waals surface area contributed by atoms with E-state index in [0.717, 1.165) is 12.8 Å². The van der Waals surface area contributed by atoms with Crippen molar-refractivity contribution < 1.29 is 0 Å². The Morgan fingerprint density at radius 2 is 1.85 bits per heavy atom. The average molecular weight is 304 g/mol. The lowest BCUT2D eigenvalue weighted by atomic mass is 9.77. The fourth-order valence-corrected chi connectivity index (χ4v) is 3.24. The fraction of sp³-hybridized carbons (Fsp3) is 0.176. The summed E-state index contributed by atoms with van der Waals surface area (Å²) in [5.74, 6) is 0.352. The molecule has 102 valence electrons. The van der Waals surface area contributed by atoms with Gasteiger partial charge in [0.2, 0.25) is 0 Å². The topological polar surface area (TPSA) is 26.0 Å². The van der Waals surface area contributed by atoms with Gasteiger partial charge in [0, 0.05) is 5.92 Å². The van der Waals surface area contributed by atoms with Crippen molar-refractivity contribution in [2.24, 2.45) is 5.73 Å². The molecule has 1 nitrogen and oxygen atoms in total. The highest BCUT2D eigenvalue weighted by Crippen LogP contribution is 2.42. The van der Waals surface area contributed by atoms with Gasteiger partial charge in [-0.05, 0) is 53.4 Å². The molecule has 3 rings (SSSR count). The van der Waals surface area contributed by atoms with Crippen molar-refractivity contribution in [2.45, 2.75) is 18.8 Å². The van der Waals surface area contributed by atoms with E-state index >= 15 is 0 Å². The quantitative estimate of drug-likeness (QED) is 0.768. The maximum absolute atomic E-state index is 6.15. The van der Waals surface area contributed by atoms with E-state index in [1.165, 1.54) is 22.3 Å². The van der Waals surface area contributed by atoms with Crippen molar-refractivity contribution in [2.75, 3.05) is 0 Å². The van der Waals surface area contributed by atoms with Crippen LogP contribution in [0.5, 0.6) is 0 Å². The summed E-state index contributed by atoms with van der Waals surface area (Å²) < 4.78 is 0. The lowest BCUT2D eigenvalue weighted by Gasteiger charge is -2.27. The van der Waals surface area contributed by atoms with E-state index in [9.17, 15) is 0 Å². The zero-order valence-electron chi connectivity index (χ0n) is 10.9. The van der Waals surface area contributed by atoms with Crippen LogP contribution < -0.4 is 5.73 Å². The number of benzene rings is 2. The van der Waals surface area contributed by atoms with Gasteiger partial charge >= 0.3 is 0 Å². The van der Waals surface area contributed by atoms with Crippen molar-refractivity contribution in [1.29, 1.82) is 0 Å². The average Bonchev–Trinajstić information content (AvgIpc) is 2.49. The summed E-state index contributed by atoms with van der Waals surface area (Å²) in [6.07, 6.45) is 3.75. The minimum absolute atomic E-state index is 0.352. The molecule has 20 heavy (non-hydrogen) atoms. The molecule has 0 amide bonds. The number of rotatable bonds is 1. The van der Waals surface area contributed by atoms with Gasteiger partial charge in [0.25, 0.3) is 0 Å². The molecule has 1 atom stereocenters. The number of hydrogen-bond acceptors (Lipinski definition) is 1. The Hall–Kier alpha value is -1.44. The van der Waals surface area contributed by atoms with Crippen molar-refractivity contribution in [3.8, 4) is 0 Å². The van der Waals surface area contributed by atoms with E-state index < -0.39 is 0 Å². The largest absolute Gasteiger partial charge is 0.404 e. The van der Waals surface area contributed by atoms with E-state index in [2.05, 4.69) is 30.3 Å². The van der Waals surface area contributed by atoms with Crippen molar-refractivity contribution in [3.05, 3.63) is 75.4 Å². The highest BCUT2D eigenvalue weighted by atomic mass is 35.5. The molecule has 0 saturated carbocycles. The first-order valence-electron chi connectivity index (χ1n) is 6.65. The summed E-state index contributed by atoms with van der Waals surface area (Å²) in [4.78, 5) is 0. The Balaban J connectivity index is 2.09. The third-order valence-electron chi connectivity index (χ3n) is 3.93. The molecular weight excluding hydrogens is 289 g/mol. The van der Waals surface area contributed by atoms with Crippen LogP contribution in [-0.4, -0.2) is 0 Å². The third kappa shape index (κ3) is 2.32. The number of fused-ring (bicyclic) bond motifs is 1. The summed E-state index contributed by atoms with van der Waals surface area (Å²) in [5, 5.41) is 1.21. The van der Waals surface area contributed by atoms with Gasteiger partial charge in [0.1, 0.15) is 0 Å². The van der Waals surface area contributed by atoms with Crippen molar-refractivity contribution >= 4 is 28.8 Å². The highest BCUT2D eigenvalue weighted by Gasteiger charge is 2.24. The van der Waals surface area contributed by atoms with Gasteiger partial charge in [-0.1, -0.05) is 53.5 Å². The van der Waals surface area contributed by atoms with Crippen LogP contribution in [0.2, 0.25) is 10.0 Å². The van der Waals surface area contributed by atoms with Crippen molar-refractivity contribution in [1.82, 2.24) is 0 Å². The van der Waals surface area contributed by atoms with Crippen molar-refractivity contribution in [3.63, 3.8) is 0 Å². The Kier molecular flexibility index (Phi) is 3.73. The van der Waals surface area contributed by atoms with Crippen LogP contribution in [-0.2, 0) is 0 Å². The smallest absolute Gasteiger partial charge is 0.0595 e. The standard InChI is InChI=1S/C17H15Cl2N/c18-16-8-6-11(9-17(16)19)14-7-5-12(10-20)13-3-1-2-4-15(13)14/h1-4,6,8-10,14H,5,7,20H2/b12-10-. The van der Waals surface area contributed by atoms with Crippen LogP contribution in [0.1, 0.15) is 35.4 Å². The van der Waals surface area contributed by atoms with Crippen LogP contribution in [0.4, 0.5) is 0 Å². The number of nitrogens with two attached hydrogens (primary N) is 1. The Morgan fingerprint density at radius 3 is 2.60 bits per heavy atom. The summed E-state index contributed by atoms with van der Waals surface area (Å²) in [7, 11) is 0.